The van der Waals surface area contributed by atoms with E-state index in [0.717, 1.165) is 22.4 Å². The maximum atomic E-state index is 11.4. The number of rotatable bonds is 1. The van der Waals surface area contributed by atoms with E-state index in [2.05, 4.69) is 5.32 Å². The van der Waals surface area contributed by atoms with Crippen LogP contribution in [0.1, 0.15) is 5.56 Å². The number of carbonyl (C=O) groups is 1. The van der Waals surface area contributed by atoms with Crippen LogP contribution in [-0.2, 0) is 11.2 Å². The minimum atomic E-state index is 0.0304. The number of benzene rings is 2. The van der Waals surface area contributed by atoms with E-state index in [9.17, 15) is 4.79 Å². The van der Waals surface area contributed by atoms with Crippen LogP contribution in [0.4, 0.5) is 11.4 Å². The SMILES string of the molecule is Nc1cc2c(c(-c3ccccc3)c1)CC(=O)N2. The number of carbonyl (C=O) groups excluding carboxylic acids is 1. The van der Waals surface area contributed by atoms with Gasteiger partial charge in [0, 0.05) is 11.4 Å². The molecule has 0 unspecified atom stereocenters. The summed E-state index contributed by atoms with van der Waals surface area (Å²) in [5, 5.41) is 2.83. The lowest BCUT2D eigenvalue weighted by Gasteiger charge is -2.09. The molecule has 84 valence electrons. The van der Waals surface area contributed by atoms with Gasteiger partial charge in [-0.15, -0.1) is 0 Å². The number of hydrogen-bond acceptors (Lipinski definition) is 2. The molecule has 0 saturated heterocycles. The smallest absolute Gasteiger partial charge is 0.228 e. The van der Waals surface area contributed by atoms with E-state index in [4.69, 9.17) is 5.73 Å². The van der Waals surface area contributed by atoms with Crippen molar-refractivity contribution in [2.24, 2.45) is 0 Å². The first-order valence-electron chi connectivity index (χ1n) is 5.52. The fourth-order valence-corrected chi connectivity index (χ4v) is 2.23. The van der Waals surface area contributed by atoms with Gasteiger partial charge in [0.1, 0.15) is 0 Å². The highest BCUT2D eigenvalue weighted by molar-refractivity contribution is 6.02. The maximum Gasteiger partial charge on any atom is 0.228 e. The topological polar surface area (TPSA) is 55.1 Å². The van der Waals surface area contributed by atoms with E-state index in [1.807, 2.05) is 42.5 Å². The van der Waals surface area contributed by atoms with E-state index in [0.29, 0.717) is 12.1 Å². The van der Waals surface area contributed by atoms with E-state index < -0.39 is 0 Å². The predicted molar refractivity (Wildman–Crippen MR) is 68.6 cm³/mol. The van der Waals surface area contributed by atoms with Crippen molar-refractivity contribution in [3.8, 4) is 11.1 Å². The average Bonchev–Trinajstić information content (AvgIpc) is 2.69. The minimum Gasteiger partial charge on any atom is -0.399 e. The Kier molecular flexibility index (Phi) is 2.11. The standard InChI is InChI=1S/C14H12N2O/c15-10-6-11(9-4-2-1-3-5-9)12-8-14(17)16-13(12)7-10/h1-7H,8,15H2,(H,16,17). The van der Waals surface area contributed by atoms with Gasteiger partial charge in [0.15, 0.2) is 0 Å². The third-order valence-corrected chi connectivity index (χ3v) is 2.97. The molecule has 0 aromatic heterocycles. The number of amides is 1. The van der Waals surface area contributed by atoms with Crippen molar-refractivity contribution in [2.75, 3.05) is 11.1 Å². The van der Waals surface area contributed by atoms with Crippen molar-refractivity contribution in [1.29, 1.82) is 0 Å². The number of nitrogens with one attached hydrogen (secondary N) is 1. The summed E-state index contributed by atoms with van der Waals surface area (Å²) in [5.41, 5.74) is 10.5. The molecule has 1 aliphatic heterocycles. The monoisotopic (exact) mass is 224 g/mol. The van der Waals surface area contributed by atoms with Crippen LogP contribution in [0.5, 0.6) is 0 Å². The third-order valence-electron chi connectivity index (χ3n) is 2.97. The molecule has 2 aromatic carbocycles. The number of anilines is 2. The van der Waals surface area contributed by atoms with Crippen LogP contribution in [0.15, 0.2) is 42.5 Å². The van der Waals surface area contributed by atoms with Gasteiger partial charge in [-0.1, -0.05) is 30.3 Å². The zero-order chi connectivity index (χ0) is 11.8. The first kappa shape index (κ1) is 9.90. The second-order valence-electron chi connectivity index (χ2n) is 4.19. The number of nitrogens with two attached hydrogens (primary N) is 1. The largest absolute Gasteiger partial charge is 0.399 e. The lowest BCUT2D eigenvalue weighted by atomic mass is 9.97. The molecule has 3 N–H and O–H groups in total. The highest BCUT2D eigenvalue weighted by atomic mass is 16.1. The summed E-state index contributed by atoms with van der Waals surface area (Å²) in [5.74, 6) is 0.0304. The first-order valence-corrected chi connectivity index (χ1v) is 5.52. The maximum absolute atomic E-state index is 11.4. The molecule has 1 aliphatic rings. The van der Waals surface area contributed by atoms with Gasteiger partial charge in [-0.25, -0.2) is 0 Å². The van der Waals surface area contributed by atoms with E-state index in [-0.39, 0.29) is 5.91 Å². The van der Waals surface area contributed by atoms with Gasteiger partial charge in [0.05, 0.1) is 6.42 Å². The Morgan fingerprint density at radius 1 is 1.12 bits per heavy atom. The fraction of sp³-hybridized carbons (Fsp3) is 0.0714. The Labute approximate surface area is 99.3 Å². The molecule has 1 amide bonds. The van der Waals surface area contributed by atoms with Crippen molar-refractivity contribution in [1.82, 2.24) is 0 Å². The zero-order valence-corrected chi connectivity index (χ0v) is 9.23. The molecule has 0 radical (unpaired) electrons. The van der Waals surface area contributed by atoms with Crippen LogP contribution in [0.2, 0.25) is 0 Å². The summed E-state index contributed by atoms with van der Waals surface area (Å²) >= 11 is 0. The lowest BCUT2D eigenvalue weighted by molar-refractivity contribution is -0.115. The molecule has 0 bridgehead atoms. The molecule has 0 spiro atoms. The molecular formula is C14H12N2O. The number of fused-ring (bicyclic) bond motifs is 1. The van der Waals surface area contributed by atoms with Gasteiger partial charge in [-0.3, -0.25) is 4.79 Å². The van der Waals surface area contributed by atoms with Gasteiger partial charge < -0.3 is 11.1 Å². The summed E-state index contributed by atoms with van der Waals surface area (Å²) in [6, 6.07) is 13.7. The Balaban J connectivity index is 2.22. The lowest BCUT2D eigenvalue weighted by Crippen LogP contribution is -2.03. The Morgan fingerprint density at radius 3 is 2.65 bits per heavy atom. The van der Waals surface area contributed by atoms with Crippen LogP contribution in [0, 0.1) is 0 Å². The van der Waals surface area contributed by atoms with Crippen LogP contribution < -0.4 is 11.1 Å². The molecule has 0 atom stereocenters. The van der Waals surface area contributed by atoms with Gasteiger partial charge in [-0.2, -0.15) is 0 Å². The fourth-order valence-electron chi connectivity index (χ4n) is 2.23. The molecular weight excluding hydrogens is 212 g/mol. The van der Waals surface area contributed by atoms with Gasteiger partial charge in [0.25, 0.3) is 0 Å². The highest BCUT2D eigenvalue weighted by Gasteiger charge is 2.21. The normalized spacial score (nSPS) is 13.3. The molecule has 3 heteroatoms. The van der Waals surface area contributed by atoms with Crippen molar-refractivity contribution in [3.63, 3.8) is 0 Å². The minimum absolute atomic E-state index is 0.0304. The van der Waals surface area contributed by atoms with Crippen molar-refractivity contribution < 1.29 is 4.79 Å². The van der Waals surface area contributed by atoms with Crippen molar-refractivity contribution >= 4 is 17.3 Å². The molecule has 0 fully saturated rings. The van der Waals surface area contributed by atoms with Crippen LogP contribution >= 0.6 is 0 Å². The zero-order valence-electron chi connectivity index (χ0n) is 9.23. The van der Waals surface area contributed by atoms with Crippen molar-refractivity contribution in [2.45, 2.75) is 6.42 Å². The van der Waals surface area contributed by atoms with E-state index >= 15 is 0 Å². The molecule has 17 heavy (non-hydrogen) atoms. The Morgan fingerprint density at radius 2 is 1.88 bits per heavy atom. The predicted octanol–water partition coefficient (Wildman–Crippen LogP) is 2.43. The van der Waals surface area contributed by atoms with Crippen LogP contribution in [-0.4, -0.2) is 5.91 Å². The number of nitrogen functional groups attached to an aromatic ring is 1. The van der Waals surface area contributed by atoms with Gasteiger partial charge in [0.2, 0.25) is 5.91 Å². The second-order valence-corrected chi connectivity index (χ2v) is 4.19. The average molecular weight is 224 g/mol. The Bertz CT molecular complexity index is 591. The Hall–Kier alpha value is -2.29. The van der Waals surface area contributed by atoms with E-state index in [1.165, 1.54) is 0 Å². The summed E-state index contributed by atoms with van der Waals surface area (Å²) in [7, 11) is 0. The molecule has 0 saturated carbocycles. The third kappa shape index (κ3) is 1.65. The summed E-state index contributed by atoms with van der Waals surface area (Å²) in [6.07, 6.45) is 0.430. The molecule has 0 aliphatic carbocycles. The van der Waals surface area contributed by atoms with Gasteiger partial charge in [-0.05, 0) is 28.8 Å². The quantitative estimate of drug-likeness (QED) is 0.731. The summed E-state index contributed by atoms with van der Waals surface area (Å²) < 4.78 is 0. The molecule has 1 heterocycles. The second kappa shape index (κ2) is 3.63. The molecule has 2 aromatic rings. The number of hydrogen-bond donors (Lipinski definition) is 2. The molecule has 3 nitrogen and oxygen atoms in total. The van der Waals surface area contributed by atoms with Crippen LogP contribution in [0.3, 0.4) is 0 Å². The van der Waals surface area contributed by atoms with E-state index in [1.54, 1.807) is 0 Å². The first-order chi connectivity index (χ1) is 8.24. The summed E-state index contributed by atoms with van der Waals surface area (Å²) in [4.78, 5) is 11.4. The van der Waals surface area contributed by atoms with Crippen molar-refractivity contribution in [3.05, 3.63) is 48.0 Å². The summed E-state index contributed by atoms with van der Waals surface area (Å²) in [6.45, 7) is 0. The molecule has 3 rings (SSSR count). The van der Waals surface area contributed by atoms with Gasteiger partial charge >= 0.3 is 0 Å². The van der Waals surface area contributed by atoms with Crippen LogP contribution in [0.25, 0.3) is 11.1 Å². The highest BCUT2D eigenvalue weighted by Crippen LogP contribution is 2.35.